The molecule has 1 aliphatic rings. The number of nitrogens with zero attached hydrogens (tertiary/aromatic N) is 3. The van der Waals surface area contributed by atoms with Gasteiger partial charge in [-0.2, -0.15) is 4.98 Å². The number of benzene rings is 1. The number of rotatable bonds is 4. The molecule has 3 rings (SSSR count). The monoisotopic (exact) mass is 342 g/mol. The zero-order chi connectivity index (χ0) is 18.0. The Morgan fingerprint density at radius 1 is 1.36 bits per heavy atom. The topological polar surface area (TPSA) is 71.3 Å². The minimum absolute atomic E-state index is 0.0321. The van der Waals surface area contributed by atoms with Crippen LogP contribution >= 0.6 is 0 Å². The largest absolute Gasteiger partial charge is 0.338 e. The molecule has 1 aromatic heterocycles. The van der Waals surface area contributed by atoms with Crippen molar-refractivity contribution in [3.05, 3.63) is 35.7 Å². The third kappa shape index (κ3) is 3.74. The zero-order valence-electron chi connectivity index (χ0n) is 15.4. The lowest BCUT2D eigenvalue weighted by Gasteiger charge is -2.18. The van der Waals surface area contributed by atoms with Crippen molar-refractivity contribution in [3.63, 3.8) is 0 Å². The molecule has 0 aliphatic carbocycles. The number of carbonyl (C=O) groups is 1. The first-order chi connectivity index (χ1) is 11.9. The van der Waals surface area contributed by atoms with Gasteiger partial charge in [-0.05, 0) is 38.1 Å². The van der Waals surface area contributed by atoms with E-state index in [0.717, 1.165) is 26.1 Å². The smallest absolute Gasteiger partial charge is 0.258 e. The molecular formula is C19H26N4O2. The summed E-state index contributed by atoms with van der Waals surface area (Å²) in [6.07, 6.45) is 1.03. The summed E-state index contributed by atoms with van der Waals surface area (Å²) < 4.78 is 5.45. The molecule has 6 heteroatoms. The third-order valence-electron chi connectivity index (χ3n) is 4.55. The SMILES string of the molecule is CNCC1CCN(C(=O)c2ccccc2-c2nc(C(C)(C)C)no2)C1. The summed E-state index contributed by atoms with van der Waals surface area (Å²) in [6, 6.07) is 7.47. The molecule has 1 atom stereocenters. The van der Waals surface area contributed by atoms with Gasteiger partial charge in [-0.1, -0.05) is 38.1 Å². The molecule has 1 amide bonds. The first-order valence-electron chi connectivity index (χ1n) is 8.77. The molecule has 1 saturated heterocycles. The van der Waals surface area contributed by atoms with Gasteiger partial charge in [0, 0.05) is 18.5 Å². The average molecular weight is 342 g/mol. The standard InChI is InChI=1S/C19H26N4O2/c1-19(2,3)18-21-16(25-22-18)14-7-5-6-8-15(14)17(24)23-10-9-13(12-23)11-20-4/h5-8,13,20H,9-12H2,1-4H3. The molecule has 2 heterocycles. The summed E-state index contributed by atoms with van der Waals surface area (Å²) in [7, 11) is 1.95. The van der Waals surface area contributed by atoms with E-state index in [2.05, 4.69) is 15.5 Å². The molecule has 0 saturated carbocycles. The van der Waals surface area contributed by atoms with Crippen LogP contribution in [-0.4, -0.2) is 47.6 Å². The number of carbonyl (C=O) groups excluding carboxylic acids is 1. The van der Waals surface area contributed by atoms with Crippen molar-refractivity contribution >= 4 is 5.91 Å². The van der Waals surface area contributed by atoms with Crippen LogP contribution in [0.4, 0.5) is 0 Å². The third-order valence-corrected chi connectivity index (χ3v) is 4.55. The fourth-order valence-corrected chi connectivity index (χ4v) is 3.14. The number of likely N-dealkylation sites (tertiary alicyclic amines) is 1. The van der Waals surface area contributed by atoms with E-state index in [4.69, 9.17) is 4.52 Å². The van der Waals surface area contributed by atoms with Gasteiger partial charge >= 0.3 is 0 Å². The first-order valence-corrected chi connectivity index (χ1v) is 8.77. The van der Waals surface area contributed by atoms with Gasteiger partial charge in [0.1, 0.15) is 0 Å². The number of aromatic nitrogens is 2. The van der Waals surface area contributed by atoms with Crippen LogP contribution in [0, 0.1) is 5.92 Å². The summed E-state index contributed by atoms with van der Waals surface area (Å²) in [6.45, 7) is 8.60. The average Bonchev–Trinajstić information content (AvgIpc) is 3.23. The molecule has 6 nitrogen and oxygen atoms in total. The number of nitrogens with one attached hydrogen (secondary N) is 1. The molecule has 0 radical (unpaired) electrons. The van der Waals surface area contributed by atoms with Crippen molar-refractivity contribution in [2.75, 3.05) is 26.7 Å². The highest BCUT2D eigenvalue weighted by atomic mass is 16.5. The van der Waals surface area contributed by atoms with Crippen molar-refractivity contribution in [1.29, 1.82) is 0 Å². The highest BCUT2D eigenvalue weighted by molar-refractivity contribution is 6.00. The molecule has 0 bridgehead atoms. The van der Waals surface area contributed by atoms with Gasteiger partial charge in [0.2, 0.25) is 0 Å². The lowest BCUT2D eigenvalue weighted by molar-refractivity contribution is 0.0787. The molecule has 1 fully saturated rings. The summed E-state index contributed by atoms with van der Waals surface area (Å²) in [5.41, 5.74) is 1.13. The van der Waals surface area contributed by atoms with E-state index < -0.39 is 0 Å². The van der Waals surface area contributed by atoms with E-state index in [1.165, 1.54) is 0 Å². The maximum atomic E-state index is 13.0. The molecule has 25 heavy (non-hydrogen) atoms. The van der Waals surface area contributed by atoms with E-state index in [-0.39, 0.29) is 11.3 Å². The van der Waals surface area contributed by atoms with Gasteiger partial charge in [-0.25, -0.2) is 0 Å². The van der Waals surface area contributed by atoms with Crippen molar-refractivity contribution in [3.8, 4) is 11.5 Å². The molecule has 134 valence electrons. The van der Waals surface area contributed by atoms with Crippen LogP contribution in [0.5, 0.6) is 0 Å². The van der Waals surface area contributed by atoms with E-state index in [1.54, 1.807) is 0 Å². The molecule has 0 spiro atoms. The predicted molar refractivity (Wildman–Crippen MR) is 96.4 cm³/mol. The number of hydrogen-bond donors (Lipinski definition) is 1. The lowest BCUT2D eigenvalue weighted by Crippen LogP contribution is -2.30. The Morgan fingerprint density at radius 3 is 2.80 bits per heavy atom. The zero-order valence-corrected chi connectivity index (χ0v) is 15.4. The predicted octanol–water partition coefficient (Wildman–Crippen LogP) is 2.72. The summed E-state index contributed by atoms with van der Waals surface area (Å²) in [5, 5.41) is 7.27. The summed E-state index contributed by atoms with van der Waals surface area (Å²) in [4.78, 5) is 19.4. The van der Waals surface area contributed by atoms with Crippen LogP contribution < -0.4 is 5.32 Å². The van der Waals surface area contributed by atoms with Crippen LogP contribution in [0.15, 0.2) is 28.8 Å². The second-order valence-electron chi connectivity index (χ2n) is 7.68. The van der Waals surface area contributed by atoms with Gasteiger partial charge in [0.15, 0.2) is 5.82 Å². The Balaban J connectivity index is 1.86. The molecular weight excluding hydrogens is 316 g/mol. The van der Waals surface area contributed by atoms with Gasteiger partial charge in [-0.15, -0.1) is 0 Å². The van der Waals surface area contributed by atoms with Gasteiger partial charge in [0.25, 0.3) is 11.8 Å². The highest BCUT2D eigenvalue weighted by Crippen LogP contribution is 2.28. The van der Waals surface area contributed by atoms with Crippen LogP contribution in [0.25, 0.3) is 11.5 Å². The second kappa shape index (κ2) is 6.96. The van der Waals surface area contributed by atoms with E-state index in [9.17, 15) is 4.79 Å². The first kappa shape index (κ1) is 17.6. The summed E-state index contributed by atoms with van der Waals surface area (Å²) in [5.74, 6) is 1.58. The van der Waals surface area contributed by atoms with Crippen molar-refractivity contribution < 1.29 is 9.32 Å². The molecule has 1 aromatic carbocycles. The number of hydrogen-bond acceptors (Lipinski definition) is 5. The van der Waals surface area contributed by atoms with Gasteiger partial charge < -0.3 is 14.7 Å². The van der Waals surface area contributed by atoms with Crippen molar-refractivity contribution in [1.82, 2.24) is 20.4 Å². The lowest BCUT2D eigenvalue weighted by atomic mass is 9.96. The Labute approximate surface area is 148 Å². The van der Waals surface area contributed by atoms with Crippen LogP contribution in [-0.2, 0) is 5.41 Å². The minimum Gasteiger partial charge on any atom is -0.338 e. The highest BCUT2D eigenvalue weighted by Gasteiger charge is 2.29. The molecule has 1 unspecified atom stereocenters. The van der Waals surface area contributed by atoms with Gasteiger partial charge in [-0.3, -0.25) is 4.79 Å². The van der Waals surface area contributed by atoms with E-state index in [1.807, 2.05) is 57.0 Å². The maximum Gasteiger partial charge on any atom is 0.258 e. The maximum absolute atomic E-state index is 13.0. The molecule has 2 aromatic rings. The van der Waals surface area contributed by atoms with Crippen molar-refractivity contribution in [2.45, 2.75) is 32.6 Å². The minimum atomic E-state index is -0.198. The normalized spacial score (nSPS) is 17.9. The van der Waals surface area contributed by atoms with Crippen LogP contribution in [0.2, 0.25) is 0 Å². The van der Waals surface area contributed by atoms with Crippen LogP contribution in [0.3, 0.4) is 0 Å². The fourth-order valence-electron chi connectivity index (χ4n) is 3.14. The fraction of sp³-hybridized carbons (Fsp3) is 0.526. The van der Waals surface area contributed by atoms with E-state index >= 15 is 0 Å². The van der Waals surface area contributed by atoms with Crippen LogP contribution in [0.1, 0.15) is 43.4 Å². The quantitative estimate of drug-likeness (QED) is 0.925. The molecule has 1 aliphatic heterocycles. The van der Waals surface area contributed by atoms with Gasteiger partial charge in [0.05, 0.1) is 11.1 Å². The Bertz CT molecular complexity index is 748. The Morgan fingerprint density at radius 2 is 2.12 bits per heavy atom. The van der Waals surface area contributed by atoms with E-state index in [0.29, 0.717) is 28.8 Å². The Hall–Kier alpha value is -2.21. The van der Waals surface area contributed by atoms with Crippen molar-refractivity contribution in [2.24, 2.45) is 5.92 Å². The summed E-state index contributed by atoms with van der Waals surface area (Å²) >= 11 is 0. The number of amides is 1. The second-order valence-corrected chi connectivity index (χ2v) is 7.68. The Kier molecular flexibility index (Phi) is 4.90. The molecule has 1 N–H and O–H groups in total.